The van der Waals surface area contributed by atoms with Gasteiger partial charge in [0.05, 0.1) is 0 Å². The van der Waals surface area contributed by atoms with Crippen LogP contribution in [0.3, 0.4) is 0 Å². The summed E-state index contributed by atoms with van der Waals surface area (Å²) < 4.78 is 6.71. The molecule has 11 heteroatoms. The summed E-state index contributed by atoms with van der Waals surface area (Å²) in [6.45, 7) is 8.14. The topological polar surface area (TPSA) is 130 Å². The van der Waals surface area contributed by atoms with Crippen LogP contribution in [-0.4, -0.2) is 56.6 Å². The van der Waals surface area contributed by atoms with Crippen molar-refractivity contribution in [3.8, 4) is 0 Å². The lowest BCUT2D eigenvalue weighted by Gasteiger charge is -2.25. The predicted molar refractivity (Wildman–Crippen MR) is 137 cm³/mol. The first-order chi connectivity index (χ1) is 17.4. The van der Waals surface area contributed by atoms with Crippen LogP contribution in [0.1, 0.15) is 72.6 Å². The second kappa shape index (κ2) is 11.7. The van der Waals surface area contributed by atoms with E-state index in [9.17, 15) is 24.3 Å². The highest BCUT2D eigenvalue weighted by atomic mass is 35.5. The van der Waals surface area contributed by atoms with Crippen LogP contribution in [0.2, 0.25) is 5.02 Å². The van der Waals surface area contributed by atoms with Crippen molar-refractivity contribution in [1.82, 2.24) is 20.1 Å². The lowest BCUT2D eigenvalue weighted by atomic mass is 10.1. The van der Waals surface area contributed by atoms with Crippen LogP contribution >= 0.6 is 11.6 Å². The number of nitrogens with one attached hydrogen (secondary N) is 2. The van der Waals surface area contributed by atoms with E-state index in [4.69, 9.17) is 16.3 Å². The van der Waals surface area contributed by atoms with E-state index >= 15 is 0 Å². The first-order valence-electron chi connectivity index (χ1n) is 12.2. The van der Waals surface area contributed by atoms with E-state index in [2.05, 4.69) is 10.6 Å². The number of benzene rings is 1. The minimum absolute atomic E-state index is 0.0273. The molecule has 1 aromatic heterocycles. The van der Waals surface area contributed by atoms with E-state index in [1.54, 1.807) is 45.9 Å². The fourth-order valence-corrected chi connectivity index (χ4v) is 4.52. The molecule has 2 aromatic rings. The molecule has 0 radical (unpaired) electrons. The number of likely N-dealkylation sites (tertiary alicyclic amines) is 1. The normalized spacial score (nSPS) is 15.4. The molecule has 3 N–H and O–H groups in total. The molecule has 3 rings (SSSR count). The molecule has 10 nitrogen and oxygen atoms in total. The van der Waals surface area contributed by atoms with Crippen molar-refractivity contribution in [3.63, 3.8) is 0 Å². The summed E-state index contributed by atoms with van der Waals surface area (Å²) in [4.78, 5) is 51.4. The molecule has 3 amide bonds. The Morgan fingerprint density at radius 3 is 2.38 bits per heavy atom. The summed E-state index contributed by atoms with van der Waals surface area (Å²) in [6.07, 6.45) is 0.601. The zero-order chi connectivity index (χ0) is 27.3. The summed E-state index contributed by atoms with van der Waals surface area (Å²) >= 11 is 6.17. The lowest BCUT2D eigenvalue weighted by Crippen LogP contribution is -2.46. The van der Waals surface area contributed by atoms with E-state index in [1.165, 1.54) is 21.6 Å². The number of rotatable bonds is 8. The minimum Gasteiger partial charge on any atom is -0.477 e. The van der Waals surface area contributed by atoms with E-state index in [1.807, 2.05) is 0 Å². The molecule has 0 saturated carbocycles. The summed E-state index contributed by atoms with van der Waals surface area (Å²) in [5.41, 5.74) is 1.12. The van der Waals surface area contributed by atoms with Crippen molar-refractivity contribution in [3.05, 3.63) is 57.9 Å². The molecule has 0 unspecified atom stereocenters. The first-order valence-corrected chi connectivity index (χ1v) is 12.5. The van der Waals surface area contributed by atoms with Gasteiger partial charge in [0.2, 0.25) is 5.91 Å². The summed E-state index contributed by atoms with van der Waals surface area (Å²) in [5.74, 6) is -1.81. The highest BCUT2D eigenvalue weighted by Crippen LogP contribution is 2.23. The highest BCUT2D eigenvalue weighted by molar-refractivity contribution is 6.30. The molecular formula is C26H33ClN4O6. The number of carbonyl (C=O) groups excluding carboxylic acids is 3. The summed E-state index contributed by atoms with van der Waals surface area (Å²) in [7, 11) is 0. The lowest BCUT2D eigenvalue weighted by molar-refractivity contribution is -0.125. The molecule has 1 aromatic carbocycles. The Morgan fingerprint density at radius 2 is 1.73 bits per heavy atom. The third kappa shape index (κ3) is 7.03. The standard InChI is InChI=1S/C26H33ClN4O6/c1-5-30-20(10-11-21(30)24(34)35)23(33)31-12-6-7-19(31)22(32)28-15-17-13-18(27)9-8-16(17)14-29-25(36)37-26(2,3)4/h8-11,13,19H,5-7,12,14-15H2,1-4H3,(H,28,32)(H,29,36)(H,34,35)/t19-/m0/s1. The van der Waals surface area contributed by atoms with Gasteiger partial charge in [-0.15, -0.1) is 0 Å². The maximum absolute atomic E-state index is 13.3. The zero-order valence-electron chi connectivity index (χ0n) is 21.5. The average molecular weight is 533 g/mol. The number of ether oxygens (including phenoxy) is 1. The van der Waals surface area contributed by atoms with Gasteiger partial charge < -0.3 is 29.9 Å². The van der Waals surface area contributed by atoms with Gasteiger partial charge >= 0.3 is 12.1 Å². The van der Waals surface area contributed by atoms with Gasteiger partial charge in [0.15, 0.2) is 0 Å². The molecule has 37 heavy (non-hydrogen) atoms. The van der Waals surface area contributed by atoms with Gasteiger partial charge in [-0.3, -0.25) is 9.59 Å². The van der Waals surface area contributed by atoms with Gasteiger partial charge in [-0.2, -0.15) is 0 Å². The molecule has 0 bridgehead atoms. The fraction of sp³-hybridized carbons (Fsp3) is 0.462. The quantitative estimate of drug-likeness (QED) is 0.474. The van der Waals surface area contributed by atoms with Crippen molar-refractivity contribution in [2.24, 2.45) is 0 Å². The molecule has 200 valence electrons. The van der Waals surface area contributed by atoms with Gasteiger partial charge in [-0.05, 0) is 75.9 Å². The SMILES string of the molecule is CCn1c(C(=O)O)ccc1C(=O)N1CCC[C@H]1C(=O)NCc1cc(Cl)ccc1CNC(=O)OC(C)(C)C. The zero-order valence-corrected chi connectivity index (χ0v) is 22.2. The van der Waals surface area contributed by atoms with Gasteiger partial charge in [0, 0.05) is 31.2 Å². The number of aromatic nitrogens is 1. The smallest absolute Gasteiger partial charge is 0.407 e. The van der Waals surface area contributed by atoms with Gasteiger partial charge in [-0.25, -0.2) is 9.59 Å². The monoisotopic (exact) mass is 532 g/mol. The molecule has 1 atom stereocenters. The number of carboxylic acids is 1. The third-order valence-corrected chi connectivity index (χ3v) is 6.23. The Morgan fingerprint density at radius 1 is 1.05 bits per heavy atom. The molecular weight excluding hydrogens is 500 g/mol. The number of amides is 3. The van der Waals surface area contributed by atoms with E-state index in [-0.39, 0.29) is 36.3 Å². The molecule has 0 aliphatic carbocycles. The Balaban J connectivity index is 1.68. The molecule has 1 aliphatic heterocycles. The molecule has 0 spiro atoms. The van der Waals surface area contributed by atoms with E-state index < -0.39 is 23.7 Å². The van der Waals surface area contributed by atoms with Crippen LogP contribution < -0.4 is 10.6 Å². The Labute approximate surface area is 220 Å². The molecule has 2 heterocycles. The second-order valence-corrected chi connectivity index (χ2v) is 10.2. The minimum atomic E-state index is -1.12. The van der Waals surface area contributed by atoms with Crippen LogP contribution in [0.5, 0.6) is 0 Å². The number of nitrogens with zero attached hydrogens (tertiary/aromatic N) is 2. The van der Waals surface area contributed by atoms with Crippen LogP contribution in [0.25, 0.3) is 0 Å². The largest absolute Gasteiger partial charge is 0.477 e. The maximum Gasteiger partial charge on any atom is 0.407 e. The van der Waals surface area contributed by atoms with Gasteiger partial charge in [-0.1, -0.05) is 17.7 Å². The third-order valence-electron chi connectivity index (χ3n) is 5.99. The number of carboxylic acid groups (broad SMARTS) is 1. The van der Waals surface area contributed by atoms with Crippen molar-refractivity contribution < 1.29 is 29.0 Å². The van der Waals surface area contributed by atoms with Crippen molar-refractivity contribution in [2.45, 2.75) is 71.8 Å². The number of aromatic carboxylic acids is 1. The van der Waals surface area contributed by atoms with Crippen molar-refractivity contribution in [2.75, 3.05) is 6.54 Å². The fourth-order valence-electron chi connectivity index (χ4n) is 4.32. The van der Waals surface area contributed by atoms with Crippen molar-refractivity contribution in [1.29, 1.82) is 0 Å². The number of hydrogen-bond donors (Lipinski definition) is 3. The Kier molecular flexibility index (Phi) is 8.85. The van der Waals surface area contributed by atoms with E-state index in [0.29, 0.717) is 31.0 Å². The van der Waals surface area contributed by atoms with Crippen LogP contribution in [-0.2, 0) is 29.2 Å². The van der Waals surface area contributed by atoms with Gasteiger partial charge in [0.25, 0.3) is 5.91 Å². The molecule has 1 fully saturated rings. The molecule has 1 aliphatic rings. The number of hydrogen-bond acceptors (Lipinski definition) is 5. The summed E-state index contributed by atoms with van der Waals surface area (Å²) in [5, 5.41) is 15.5. The van der Waals surface area contributed by atoms with Crippen LogP contribution in [0, 0.1) is 0 Å². The van der Waals surface area contributed by atoms with Crippen molar-refractivity contribution >= 4 is 35.5 Å². The predicted octanol–water partition coefficient (Wildman–Crippen LogP) is 3.81. The van der Waals surface area contributed by atoms with Gasteiger partial charge in [0.1, 0.15) is 23.0 Å². The number of halogens is 1. The van der Waals surface area contributed by atoms with Crippen LogP contribution in [0.15, 0.2) is 30.3 Å². The average Bonchev–Trinajstić information content (AvgIpc) is 3.47. The summed E-state index contributed by atoms with van der Waals surface area (Å²) in [6, 6.07) is 7.39. The highest BCUT2D eigenvalue weighted by Gasteiger charge is 2.36. The van der Waals surface area contributed by atoms with Crippen LogP contribution in [0.4, 0.5) is 4.79 Å². The molecule has 1 saturated heterocycles. The first kappa shape index (κ1) is 28.0. The second-order valence-electron chi connectivity index (χ2n) is 9.80. The van der Waals surface area contributed by atoms with E-state index in [0.717, 1.165) is 11.1 Å². The number of alkyl carbamates (subject to hydrolysis) is 1. The Bertz CT molecular complexity index is 1190. The Hall–Kier alpha value is -3.53. The maximum atomic E-state index is 13.3. The number of carbonyl (C=O) groups is 4.